The maximum Gasteiger partial charge on any atom is 0.180 e. The highest BCUT2D eigenvalue weighted by Gasteiger charge is 2.44. The molecule has 1 atom stereocenters. The van der Waals surface area contributed by atoms with E-state index in [1.165, 1.54) is 97.6 Å². The average Bonchev–Trinajstić information content (AvgIpc) is 4.02. The summed E-state index contributed by atoms with van der Waals surface area (Å²) in [5, 5.41) is 16.6. The number of rotatable bonds is 9. The molecule has 1 N–H and O–H groups in total. The van der Waals surface area contributed by atoms with Crippen molar-refractivity contribution in [2.24, 2.45) is 0 Å². The third kappa shape index (κ3) is 6.79. The van der Waals surface area contributed by atoms with Gasteiger partial charge in [-0.15, -0.1) is 0 Å². The van der Waals surface area contributed by atoms with Gasteiger partial charge in [0.25, 0.3) is 0 Å². The molecule has 1 unspecified atom stereocenters. The van der Waals surface area contributed by atoms with Crippen molar-refractivity contribution < 1.29 is 0 Å². The average molecular weight is 948 g/mol. The van der Waals surface area contributed by atoms with Crippen molar-refractivity contribution >= 4 is 89.2 Å². The van der Waals surface area contributed by atoms with Gasteiger partial charge in [0.2, 0.25) is 0 Å². The van der Waals surface area contributed by atoms with Crippen molar-refractivity contribution in [2.45, 2.75) is 6.17 Å². The van der Waals surface area contributed by atoms with Crippen LogP contribution < -0.4 is 31.0 Å². The number of nitrogens with zero attached hydrogens (tertiary/aromatic N) is 2. The summed E-state index contributed by atoms with van der Waals surface area (Å²) >= 11 is 0. The highest BCUT2D eigenvalue weighted by atomic mass is 28.3. The van der Waals surface area contributed by atoms with E-state index in [-0.39, 0.29) is 6.17 Å². The number of anilines is 3. The molecule has 3 nitrogen and oxygen atoms in total. The van der Waals surface area contributed by atoms with Crippen molar-refractivity contribution in [1.29, 1.82) is 0 Å². The van der Waals surface area contributed by atoms with E-state index in [9.17, 15) is 0 Å². The second-order valence-electron chi connectivity index (χ2n) is 19.2. The van der Waals surface area contributed by atoms with E-state index >= 15 is 0 Å². The number of para-hydroxylation sites is 4. The molecule has 1 aromatic heterocycles. The predicted octanol–water partition coefficient (Wildman–Crippen LogP) is 15.1. The van der Waals surface area contributed by atoms with Crippen LogP contribution in [0.15, 0.2) is 285 Å². The summed E-state index contributed by atoms with van der Waals surface area (Å²) in [6.45, 7) is 0. The molecule has 0 amide bonds. The van der Waals surface area contributed by atoms with Gasteiger partial charge in [0.05, 0.1) is 22.4 Å². The van der Waals surface area contributed by atoms with Crippen molar-refractivity contribution in [2.75, 3.05) is 10.2 Å². The zero-order valence-electron chi connectivity index (χ0n) is 40.1. The van der Waals surface area contributed by atoms with E-state index in [0.717, 1.165) is 17.1 Å². The van der Waals surface area contributed by atoms with E-state index in [4.69, 9.17) is 0 Å². The van der Waals surface area contributed by atoms with Crippen molar-refractivity contribution in [3.05, 3.63) is 291 Å². The number of fused-ring (bicyclic) bond motifs is 6. The molecule has 344 valence electrons. The van der Waals surface area contributed by atoms with Crippen LogP contribution >= 0.6 is 0 Å². The summed E-state index contributed by atoms with van der Waals surface area (Å²) in [5.41, 5.74) is 13.2. The van der Waals surface area contributed by atoms with Crippen LogP contribution in [0.1, 0.15) is 11.7 Å². The summed E-state index contributed by atoms with van der Waals surface area (Å²) in [6, 6.07) is 106. The number of hydrogen-bond donors (Lipinski definition) is 1. The summed E-state index contributed by atoms with van der Waals surface area (Å²) in [6.07, 6.45) is -0.0236. The molecular weight excluding hydrogens is 899 g/mol. The van der Waals surface area contributed by atoms with Gasteiger partial charge < -0.3 is 14.8 Å². The molecule has 73 heavy (non-hydrogen) atoms. The molecule has 13 aromatic rings. The first-order valence-electron chi connectivity index (χ1n) is 25.3. The van der Waals surface area contributed by atoms with Crippen LogP contribution in [0.3, 0.4) is 0 Å². The molecule has 0 aliphatic carbocycles. The SMILES string of the molecule is c1ccc(C2Nc3ccccc3N2c2ccc(-c3c4ccccc4c(-c4ccccc4[Si](c4ccccc4)(c4ccccc4)c4ccc5c(c4)c4ccccc4n5-c4ccccc4)c4ccccc34)cc2)cc1. The van der Waals surface area contributed by atoms with Crippen molar-refractivity contribution in [3.8, 4) is 27.9 Å². The highest BCUT2D eigenvalue weighted by molar-refractivity contribution is 7.20. The fourth-order valence-electron chi connectivity index (χ4n) is 12.3. The van der Waals surface area contributed by atoms with E-state index in [1.807, 2.05) is 0 Å². The third-order valence-electron chi connectivity index (χ3n) is 15.3. The molecule has 1 aliphatic heterocycles. The summed E-state index contributed by atoms with van der Waals surface area (Å²) in [5.74, 6) is 0. The Morgan fingerprint density at radius 3 is 1.51 bits per heavy atom. The molecule has 4 heteroatoms. The van der Waals surface area contributed by atoms with Gasteiger partial charge in [-0.25, -0.2) is 0 Å². The van der Waals surface area contributed by atoms with Crippen LogP contribution in [0, 0.1) is 0 Å². The molecule has 0 radical (unpaired) electrons. The first-order chi connectivity index (χ1) is 36.3. The van der Waals surface area contributed by atoms with Gasteiger partial charge in [-0.2, -0.15) is 0 Å². The molecule has 0 saturated heterocycles. The largest absolute Gasteiger partial charge is 0.359 e. The lowest BCUT2D eigenvalue weighted by Crippen LogP contribution is -2.75. The normalized spacial score (nSPS) is 13.4. The number of aromatic nitrogens is 1. The van der Waals surface area contributed by atoms with Gasteiger partial charge in [-0.05, 0) is 119 Å². The smallest absolute Gasteiger partial charge is 0.180 e. The van der Waals surface area contributed by atoms with Crippen molar-refractivity contribution in [3.63, 3.8) is 0 Å². The molecule has 1 aliphatic rings. The number of hydrogen-bond acceptors (Lipinski definition) is 2. The Hall–Kier alpha value is -9.22. The van der Waals surface area contributed by atoms with Crippen LogP contribution in [0.25, 0.3) is 71.3 Å². The zero-order chi connectivity index (χ0) is 48.3. The monoisotopic (exact) mass is 947 g/mol. The van der Waals surface area contributed by atoms with E-state index in [1.54, 1.807) is 0 Å². The van der Waals surface area contributed by atoms with Gasteiger partial charge in [0, 0.05) is 22.1 Å². The Bertz CT molecular complexity index is 4070. The Morgan fingerprint density at radius 2 is 0.849 bits per heavy atom. The van der Waals surface area contributed by atoms with Crippen LogP contribution in [0.2, 0.25) is 0 Å². The van der Waals surface area contributed by atoms with E-state index < -0.39 is 8.07 Å². The second-order valence-corrected chi connectivity index (χ2v) is 23.0. The predicted molar refractivity (Wildman–Crippen MR) is 312 cm³/mol. The van der Waals surface area contributed by atoms with Crippen LogP contribution in [-0.2, 0) is 0 Å². The minimum atomic E-state index is -3.15. The highest BCUT2D eigenvalue weighted by Crippen LogP contribution is 2.48. The summed E-state index contributed by atoms with van der Waals surface area (Å²) in [7, 11) is -3.15. The van der Waals surface area contributed by atoms with Gasteiger partial charge in [-0.3, -0.25) is 0 Å². The fraction of sp³-hybridized carbons (Fsp3) is 0.0145. The Balaban J connectivity index is 1.00. The lowest BCUT2D eigenvalue weighted by atomic mass is 9.86. The Kier molecular flexibility index (Phi) is 10.3. The maximum absolute atomic E-state index is 3.81. The van der Waals surface area contributed by atoms with Gasteiger partial charge in [-0.1, -0.05) is 237 Å². The third-order valence-corrected chi connectivity index (χ3v) is 20.1. The molecule has 14 rings (SSSR count). The molecule has 0 fully saturated rings. The van der Waals surface area contributed by atoms with Gasteiger partial charge >= 0.3 is 0 Å². The van der Waals surface area contributed by atoms with E-state index in [2.05, 4.69) is 300 Å². The maximum atomic E-state index is 3.81. The van der Waals surface area contributed by atoms with Gasteiger partial charge in [0.15, 0.2) is 8.07 Å². The van der Waals surface area contributed by atoms with Crippen LogP contribution in [-0.4, -0.2) is 12.6 Å². The zero-order valence-corrected chi connectivity index (χ0v) is 41.1. The molecule has 0 spiro atoms. The lowest BCUT2D eigenvalue weighted by Gasteiger charge is -2.36. The molecule has 0 bridgehead atoms. The van der Waals surface area contributed by atoms with Gasteiger partial charge in [0.1, 0.15) is 6.17 Å². The molecule has 2 heterocycles. The molecule has 0 saturated carbocycles. The van der Waals surface area contributed by atoms with E-state index in [0.29, 0.717) is 0 Å². The van der Waals surface area contributed by atoms with Crippen molar-refractivity contribution in [1.82, 2.24) is 4.57 Å². The standard InChI is InChI=1S/C69H49N3Si/c1-5-23-49(24-6-1)69-70-62-37-19-21-39-65(62)72(69)51-43-41-48(42-44-51)67-56-32-13-15-34-58(56)68(59-35-16-14-33-57(59)67)60-36-18-22-40-66(60)73(52-27-9-3-10-28-52,53-29-11-4-12-30-53)54-45-46-64-61(47-54)55-31-17-20-38-63(55)71(64)50-25-7-2-8-26-50/h1-47,69-70H. The minimum absolute atomic E-state index is 0.0236. The minimum Gasteiger partial charge on any atom is -0.359 e. The molecular formula is C69H49N3Si. The van der Waals surface area contributed by atoms with Crippen LogP contribution in [0.4, 0.5) is 17.1 Å². The Labute approximate surface area is 426 Å². The number of nitrogens with one attached hydrogen (secondary N) is 1. The fourth-order valence-corrected chi connectivity index (χ4v) is 17.2. The first-order valence-corrected chi connectivity index (χ1v) is 27.3. The Morgan fingerprint density at radius 1 is 0.342 bits per heavy atom. The summed E-state index contributed by atoms with van der Waals surface area (Å²) in [4.78, 5) is 2.43. The van der Waals surface area contributed by atoms with Crippen LogP contribution in [0.5, 0.6) is 0 Å². The number of benzene rings is 12. The first kappa shape index (κ1) is 42.6. The molecule has 12 aromatic carbocycles. The topological polar surface area (TPSA) is 20.2 Å². The lowest BCUT2D eigenvalue weighted by molar-refractivity contribution is 0.828. The summed E-state index contributed by atoms with van der Waals surface area (Å²) < 4.78 is 2.42. The second kappa shape index (κ2) is 17.6. The quantitative estimate of drug-likeness (QED) is 0.0884.